The molecule has 174 valence electrons. The third kappa shape index (κ3) is 5.04. The molecule has 34 heavy (non-hydrogen) atoms. The van der Waals surface area contributed by atoms with Crippen LogP contribution in [0.4, 0.5) is 24.5 Å². The minimum absolute atomic E-state index is 0.218. The molecule has 1 aromatic heterocycles. The van der Waals surface area contributed by atoms with Crippen LogP contribution in [0, 0.1) is 0 Å². The van der Waals surface area contributed by atoms with Gasteiger partial charge in [0.25, 0.3) is 5.91 Å². The highest BCUT2D eigenvalue weighted by atomic mass is 79.9. The summed E-state index contributed by atoms with van der Waals surface area (Å²) in [4.78, 5) is 31.4. The van der Waals surface area contributed by atoms with Crippen molar-refractivity contribution in [2.24, 2.45) is 12.0 Å². The Kier molecular flexibility index (Phi) is 6.29. The quantitative estimate of drug-likeness (QED) is 0.251. The Morgan fingerprint density at radius 2 is 1.76 bits per heavy atom. The minimum atomic E-state index is -4.64. The van der Waals surface area contributed by atoms with Crippen molar-refractivity contribution < 1.29 is 18.0 Å². The van der Waals surface area contributed by atoms with Gasteiger partial charge in [-0.2, -0.15) is 13.2 Å². The lowest BCUT2D eigenvalue weighted by Gasteiger charge is -2.14. The summed E-state index contributed by atoms with van der Waals surface area (Å²) >= 11 is 3.29. The van der Waals surface area contributed by atoms with Crippen molar-refractivity contribution in [2.45, 2.75) is 6.18 Å². The molecule has 3 N–H and O–H groups in total. The van der Waals surface area contributed by atoms with Crippen LogP contribution in [0.3, 0.4) is 0 Å². The number of imidazole rings is 1. The Balaban J connectivity index is 1.74. The summed E-state index contributed by atoms with van der Waals surface area (Å²) in [6.45, 7) is 0. The van der Waals surface area contributed by atoms with Gasteiger partial charge in [-0.3, -0.25) is 14.7 Å². The number of nitrogens with one attached hydrogen (secondary N) is 3. The fourth-order valence-corrected chi connectivity index (χ4v) is 3.50. The fraction of sp³-hybridized carbons (Fsp3) is 0.0870. The largest absolute Gasteiger partial charge is 0.418 e. The Hall–Kier alpha value is -3.86. The van der Waals surface area contributed by atoms with Crippen molar-refractivity contribution in [1.29, 1.82) is 0 Å². The summed E-state index contributed by atoms with van der Waals surface area (Å²) in [7, 11) is 1.58. The van der Waals surface area contributed by atoms with Crippen LogP contribution in [0.1, 0.15) is 15.9 Å². The number of aliphatic imine (C=N–C) groups is 1. The van der Waals surface area contributed by atoms with Crippen LogP contribution in [0.25, 0.3) is 11.0 Å². The Labute approximate surface area is 199 Å². The number of para-hydroxylation sites is 1. The molecular formula is C23H17BrF3N5O2. The second kappa shape index (κ2) is 9.18. The maximum atomic E-state index is 13.5. The Bertz CT molecular complexity index is 1460. The van der Waals surface area contributed by atoms with Gasteiger partial charge in [0.15, 0.2) is 0 Å². The van der Waals surface area contributed by atoms with Crippen molar-refractivity contribution in [1.82, 2.24) is 14.9 Å². The first kappa shape index (κ1) is 23.3. The van der Waals surface area contributed by atoms with Crippen molar-refractivity contribution in [2.75, 3.05) is 5.32 Å². The number of amides is 1. The molecule has 3 aromatic carbocycles. The van der Waals surface area contributed by atoms with Gasteiger partial charge >= 0.3 is 11.9 Å². The van der Waals surface area contributed by atoms with Crippen LogP contribution >= 0.6 is 15.9 Å². The molecule has 1 heterocycles. The highest BCUT2D eigenvalue weighted by molar-refractivity contribution is 9.10. The summed E-state index contributed by atoms with van der Waals surface area (Å²) in [5.74, 6) is -0.789. The number of nitrogens with zero attached hydrogens (tertiary/aromatic N) is 2. The van der Waals surface area contributed by atoms with E-state index in [-0.39, 0.29) is 22.9 Å². The standard InChI is InChI=1S/C23H17BrF3N5O2/c1-32-19-12-15(10-11-18(19)30-22(32)34)28-21(31-20(33)13-6-8-14(24)9-7-13)29-17-5-3-2-4-16(17)23(25,26)27/h2-12H,1H3,(H,30,34)(H2,28,29,31,33). The molecule has 0 spiro atoms. The first-order valence-electron chi connectivity index (χ1n) is 9.89. The maximum Gasteiger partial charge on any atom is 0.418 e. The molecule has 11 heteroatoms. The van der Waals surface area contributed by atoms with Crippen LogP contribution in [0.15, 0.2) is 81.0 Å². The van der Waals surface area contributed by atoms with E-state index < -0.39 is 17.6 Å². The van der Waals surface area contributed by atoms with Gasteiger partial charge in [0, 0.05) is 22.8 Å². The Morgan fingerprint density at radius 1 is 1.06 bits per heavy atom. The molecule has 0 aliphatic heterocycles. The molecule has 7 nitrogen and oxygen atoms in total. The molecular weight excluding hydrogens is 515 g/mol. The molecule has 0 radical (unpaired) electrons. The van der Waals surface area contributed by atoms with Crippen LogP contribution in [0.2, 0.25) is 0 Å². The average molecular weight is 532 g/mol. The normalized spacial score (nSPS) is 12.1. The van der Waals surface area contributed by atoms with E-state index in [1.807, 2.05) is 0 Å². The number of aryl methyl sites for hydroxylation is 1. The van der Waals surface area contributed by atoms with E-state index in [2.05, 4.69) is 36.5 Å². The lowest BCUT2D eigenvalue weighted by atomic mass is 10.2. The lowest BCUT2D eigenvalue weighted by molar-refractivity contribution is -0.137. The fourth-order valence-electron chi connectivity index (χ4n) is 3.24. The number of rotatable bonds is 3. The van der Waals surface area contributed by atoms with Gasteiger partial charge in [0.1, 0.15) is 0 Å². The van der Waals surface area contributed by atoms with E-state index in [4.69, 9.17) is 0 Å². The number of aromatic amines is 1. The molecule has 0 bridgehead atoms. The number of aromatic nitrogens is 2. The summed E-state index contributed by atoms with van der Waals surface area (Å²) in [5, 5.41) is 5.40. The third-order valence-corrected chi connectivity index (χ3v) is 5.48. The zero-order chi connectivity index (χ0) is 24.5. The summed E-state index contributed by atoms with van der Waals surface area (Å²) < 4.78 is 42.6. The smallest absolute Gasteiger partial charge is 0.326 e. The number of guanidine groups is 1. The van der Waals surface area contributed by atoms with E-state index >= 15 is 0 Å². The predicted octanol–water partition coefficient (Wildman–Crippen LogP) is 5.18. The molecule has 4 aromatic rings. The minimum Gasteiger partial charge on any atom is -0.326 e. The number of halogens is 4. The van der Waals surface area contributed by atoms with Crippen molar-refractivity contribution in [3.63, 3.8) is 0 Å². The molecule has 0 saturated carbocycles. The van der Waals surface area contributed by atoms with E-state index in [0.717, 1.165) is 10.5 Å². The molecule has 0 saturated heterocycles. The van der Waals surface area contributed by atoms with Crippen molar-refractivity contribution in [3.05, 3.63) is 92.8 Å². The molecule has 0 fully saturated rings. The molecule has 0 unspecified atom stereocenters. The van der Waals surface area contributed by atoms with Gasteiger partial charge in [-0.25, -0.2) is 9.79 Å². The predicted molar refractivity (Wildman–Crippen MR) is 127 cm³/mol. The number of hydrogen-bond acceptors (Lipinski definition) is 3. The maximum absolute atomic E-state index is 13.5. The average Bonchev–Trinajstić information content (AvgIpc) is 3.07. The van der Waals surface area contributed by atoms with Crippen LogP contribution in [-0.2, 0) is 13.2 Å². The highest BCUT2D eigenvalue weighted by Gasteiger charge is 2.33. The highest BCUT2D eigenvalue weighted by Crippen LogP contribution is 2.36. The first-order chi connectivity index (χ1) is 16.1. The van der Waals surface area contributed by atoms with Crippen LogP contribution in [-0.4, -0.2) is 21.4 Å². The van der Waals surface area contributed by atoms with Gasteiger partial charge in [-0.1, -0.05) is 28.1 Å². The van der Waals surface area contributed by atoms with Gasteiger partial charge < -0.3 is 10.3 Å². The zero-order valence-corrected chi connectivity index (χ0v) is 19.2. The van der Waals surface area contributed by atoms with Gasteiger partial charge in [-0.05, 0) is 54.6 Å². The topological polar surface area (TPSA) is 91.3 Å². The lowest BCUT2D eigenvalue weighted by Crippen LogP contribution is -2.35. The SMILES string of the molecule is Cn1c(=O)[nH]c2ccc(NC(=Nc3ccccc3C(F)(F)F)NC(=O)c3ccc(Br)cc3)cc21. The molecule has 4 rings (SSSR count). The molecule has 0 aliphatic rings. The van der Waals surface area contributed by atoms with Gasteiger partial charge in [-0.15, -0.1) is 0 Å². The van der Waals surface area contributed by atoms with Crippen LogP contribution < -0.4 is 16.3 Å². The number of hydrogen-bond donors (Lipinski definition) is 3. The van der Waals surface area contributed by atoms with Crippen LogP contribution in [0.5, 0.6) is 0 Å². The second-order valence-corrected chi connectivity index (χ2v) is 8.20. The monoisotopic (exact) mass is 531 g/mol. The van der Waals surface area contributed by atoms with Gasteiger partial charge in [0.05, 0.1) is 22.3 Å². The zero-order valence-electron chi connectivity index (χ0n) is 17.6. The van der Waals surface area contributed by atoms with E-state index in [1.165, 1.54) is 22.8 Å². The third-order valence-electron chi connectivity index (χ3n) is 4.95. The number of carbonyl (C=O) groups excluding carboxylic acids is 1. The second-order valence-electron chi connectivity index (χ2n) is 7.28. The molecule has 1 amide bonds. The van der Waals surface area contributed by atoms with E-state index in [9.17, 15) is 22.8 Å². The number of anilines is 1. The Morgan fingerprint density at radius 3 is 2.47 bits per heavy atom. The molecule has 0 atom stereocenters. The molecule has 0 aliphatic carbocycles. The first-order valence-corrected chi connectivity index (χ1v) is 10.7. The number of fused-ring (bicyclic) bond motifs is 1. The number of carbonyl (C=O) groups is 1. The van der Waals surface area contributed by atoms with Crippen molar-refractivity contribution in [3.8, 4) is 0 Å². The number of benzene rings is 3. The van der Waals surface area contributed by atoms with E-state index in [1.54, 1.807) is 49.5 Å². The van der Waals surface area contributed by atoms with Gasteiger partial charge in [0.2, 0.25) is 5.96 Å². The summed E-state index contributed by atoms with van der Waals surface area (Å²) in [6.07, 6.45) is -4.64. The number of alkyl halides is 3. The number of H-pyrrole nitrogens is 1. The summed E-state index contributed by atoms with van der Waals surface area (Å²) in [6, 6.07) is 16.1. The summed E-state index contributed by atoms with van der Waals surface area (Å²) in [5.41, 5.74) is 0.192. The van der Waals surface area contributed by atoms with Crippen molar-refractivity contribution >= 4 is 50.2 Å². The van der Waals surface area contributed by atoms with E-state index in [0.29, 0.717) is 16.7 Å².